The van der Waals surface area contributed by atoms with E-state index in [0.29, 0.717) is 59.6 Å². The largest absolute Gasteiger partial charge is 0.501 e. The van der Waals surface area contributed by atoms with Crippen molar-refractivity contribution in [1.29, 1.82) is 0 Å². The lowest BCUT2D eigenvalue weighted by Gasteiger charge is -2.39. The van der Waals surface area contributed by atoms with Crippen molar-refractivity contribution in [2.75, 3.05) is 33.9 Å². The third kappa shape index (κ3) is 11.1. The fraction of sp³-hybridized carbons (Fsp3) is 0.365. The molecule has 0 spiro atoms. The van der Waals surface area contributed by atoms with Gasteiger partial charge in [-0.25, -0.2) is 0 Å². The summed E-state index contributed by atoms with van der Waals surface area (Å²) >= 11 is 0. The fourth-order valence-electron chi connectivity index (χ4n) is 9.17. The number of hydrogen-bond donors (Lipinski definition) is 5. The maximum atomic E-state index is 14.1. The van der Waals surface area contributed by atoms with Crippen molar-refractivity contribution in [1.82, 2.24) is 15.1 Å². The van der Waals surface area contributed by atoms with Gasteiger partial charge >= 0.3 is 10.4 Å². The molecule has 396 valence electrons. The van der Waals surface area contributed by atoms with Crippen molar-refractivity contribution in [3.05, 3.63) is 113 Å². The molecule has 5 heterocycles. The average molecular weight is 1050 g/mol. The molecule has 7 atom stereocenters. The lowest BCUT2D eigenvalue weighted by Crippen LogP contribution is -2.60. The highest BCUT2D eigenvalue weighted by Crippen LogP contribution is 2.42. The minimum atomic E-state index is -5.19. The zero-order valence-electron chi connectivity index (χ0n) is 41.2. The topological polar surface area (TPSA) is 283 Å². The van der Waals surface area contributed by atoms with Crippen molar-refractivity contribution < 1.29 is 80.0 Å². The van der Waals surface area contributed by atoms with Crippen LogP contribution in [0.25, 0.3) is 0 Å². The summed E-state index contributed by atoms with van der Waals surface area (Å²) in [6, 6.07) is 13.2. The number of carbonyl (C=O) groups excluding carboxylic acids is 3. The van der Waals surface area contributed by atoms with Crippen LogP contribution >= 0.6 is 0 Å². The van der Waals surface area contributed by atoms with E-state index in [1.807, 2.05) is 0 Å². The first-order valence-electron chi connectivity index (χ1n) is 23.7. The van der Waals surface area contributed by atoms with Gasteiger partial charge in [0.1, 0.15) is 43.4 Å². The van der Waals surface area contributed by atoms with E-state index < -0.39 is 65.1 Å². The Hall–Kier alpha value is -7.54. The summed E-state index contributed by atoms with van der Waals surface area (Å²) in [6.07, 6.45) is -4.05. The second kappa shape index (κ2) is 21.4. The molecule has 0 radical (unpaired) electrons. The van der Waals surface area contributed by atoms with Gasteiger partial charge in [-0.3, -0.25) is 24.4 Å². The van der Waals surface area contributed by atoms with Crippen LogP contribution in [-0.4, -0.2) is 152 Å². The first kappa shape index (κ1) is 52.3. The minimum absolute atomic E-state index is 0.0715. The zero-order valence-corrected chi connectivity index (χ0v) is 42.0. The van der Waals surface area contributed by atoms with Gasteiger partial charge in [0.15, 0.2) is 34.5 Å². The molecule has 0 bridgehead atoms. The van der Waals surface area contributed by atoms with Crippen molar-refractivity contribution >= 4 is 51.9 Å². The molecule has 0 saturated carbocycles. The van der Waals surface area contributed by atoms with Crippen molar-refractivity contribution in [3.63, 3.8) is 0 Å². The van der Waals surface area contributed by atoms with E-state index in [-0.39, 0.29) is 77.5 Å². The number of ether oxygens (including phenoxy) is 6. The van der Waals surface area contributed by atoms with E-state index in [1.54, 1.807) is 66.4 Å². The number of hydrogen-bond acceptors (Lipinski definition) is 19. The molecule has 23 heteroatoms. The summed E-state index contributed by atoms with van der Waals surface area (Å²) in [4.78, 5) is 53.0. The predicted octanol–water partition coefficient (Wildman–Crippen LogP) is 3.85. The normalized spacial score (nSPS) is 22.9. The quantitative estimate of drug-likeness (QED) is 0.0939. The smallest absolute Gasteiger partial charge is 0.493 e. The van der Waals surface area contributed by atoms with Gasteiger partial charge in [0.2, 0.25) is 6.29 Å². The number of nitrogens with zero attached hydrogens (tertiary/aromatic N) is 4. The molecule has 22 nitrogen and oxygen atoms in total. The van der Waals surface area contributed by atoms with Crippen molar-refractivity contribution in [2.24, 2.45) is 9.98 Å². The molecule has 0 aromatic heterocycles. The lowest BCUT2D eigenvalue weighted by atomic mass is 9.99. The summed E-state index contributed by atoms with van der Waals surface area (Å²) in [7, 11) is -2.36. The maximum Gasteiger partial charge on any atom is 0.501 e. The highest BCUT2D eigenvalue weighted by molar-refractivity contribution is 7.82. The number of carbonyl (C=O) groups is 3. The number of aliphatic hydroxyl groups excluding tert-OH is 4. The maximum absolute atomic E-state index is 14.1. The van der Waals surface area contributed by atoms with Gasteiger partial charge in [0.25, 0.3) is 17.7 Å². The van der Waals surface area contributed by atoms with E-state index in [1.165, 1.54) is 32.4 Å². The fourth-order valence-corrected chi connectivity index (χ4v) is 9.88. The van der Waals surface area contributed by atoms with Crippen LogP contribution < -0.4 is 37.4 Å². The van der Waals surface area contributed by atoms with Crippen LogP contribution in [0.4, 0.5) is 11.4 Å². The Kier molecular flexibility index (Phi) is 14.9. The summed E-state index contributed by atoms with van der Waals surface area (Å²) < 4.78 is 74.3. The molecule has 3 amide bonds. The van der Waals surface area contributed by atoms with Crippen LogP contribution in [0.15, 0.2) is 95.0 Å². The Morgan fingerprint density at radius 2 is 1.28 bits per heavy atom. The Balaban J connectivity index is 1.03. The van der Waals surface area contributed by atoms with E-state index in [0.717, 1.165) is 23.3 Å². The number of benzene rings is 4. The van der Waals surface area contributed by atoms with Gasteiger partial charge in [0, 0.05) is 49.3 Å². The zero-order chi connectivity index (χ0) is 53.5. The van der Waals surface area contributed by atoms with Crippen LogP contribution in [0.2, 0.25) is 0 Å². The second-order valence-electron chi connectivity index (χ2n) is 18.7. The monoisotopic (exact) mass is 1050 g/mol. The molecule has 5 N–H and O–H groups in total. The van der Waals surface area contributed by atoms with Gasteiger partial charge in [0.05, 0.1) is 55.4 Å². The molecular weight excluding hydrogens is 999 g/mol. The standard InChI is InChI=1S/C52H55N5O17S/c1-26(2)55-49(62)31-7-8-39(71-52-48(61)47(60)46(59)45(23-58)72-52)44(14-31)74-75(65,66)73-34-12-29(24-69-42-17-37-35(15-40(42)67-5)50(63)56-21-27(3)9-32(56)19-53-37)11-30(13-34)25-70-43-18-38-36(16-41(43)68-6)51(64)57-22-28(4)10-33(57)20-54-38/h7-8,11-20,26,32-33,45-48,52,58-61H,3-4,9-10,21-25H2,1-2,5-6H3,(H,55,62)/t32-,33-,45+,46-,47-,48+,52+/m0/s1. The third-order valence-electron chi connectivity index (χ3n) is 12.8. The lowest BCUT2D eigenvalue weighted by molar-refractivity contribution is -0.277. The Bertz CT molecular complexity index is 2990. The summed E-state index contributed by atoms with van der Waals surface area (Å²) in [6.45, 7) is 11.0. The van der Waals surface area contributed by atoms with E-state index in [2.05, 4.69) is 28.5 Å². The number of amides is 3. The van der Waals surface area contributed by atoms with Crippen LogP contribution in [0, 0.1) is 0 Å². The average Bonchev–Trinajstić information content (AvgIpc) is 3.89. The molecule has 5 aliphatic rings. The van der Waals surface area contributed by atoms with Crippen molar-refractivity contribution in [2.45, 2.75) is 88.7 Å². The molecule has 5 aliphatic heterocycles. The molecule has 3 fully saturated rings. The van der Waals surface area contributed by atoms with Gasteiger partial charge in [-0.15, -0.1) is 8.42 Å². The number of aliphatic hydroxyl groups is 4. The summed E-state index contributed by atoms with van der Waals surface area (Å²) in [5, 5.41) is 44.0. The van der Waals surface area contributed by atoms with Gasteiger partial charge < -0.3 is 72.3 Å². The van der Waals surface area contributed by atoms with E-state index in [9.17, 15) is 43.2 Å². The first-order valence-corrected chi connectivity index (χ1v) is 25.1. The summed E-state index contributed by atoms with van der Waals surface area (Å²) in [5.74, 6) is -1.61. The molecule has 75 heavy (non-hydrogen) atoms. The minimum Gasteiger partial charge on any atom is -0.493 e. The van der Waals surface area contributed by atoms with Crippen LogP contribution in [0.3, 0.4) is 0 Å². The Morgan fingerprint density at radius 1 is 0.733 bits per heavy atom. The predicted molar refractivity (Wildman–Crippen MR) is 268 cm³/mol. The molecule has 3 saturated heterocycles. The highest BCUT2D eigenvalue weighted by Gasteiger charge is 2.45. The van der Waals surface area contributed by atoms with E-state index >= 15 is 0 Å². The number of fused-ring (bicyclic) bond motifs is 4. The number of methoxy groups -OCH3 is 2. The molecule has 4 aromatic carbocycles. The number of nitrogens with one attached hydrogen (secondary N) is 1. The molecular formula is C52H55N5O17S. The van der Waals surface area contributed by atoms with Gasteiger partial charge in [-0.05, 0) is 86.3 Å². The van der Waals surface area contributed by atoms with Gasteiger partial charge in [-0.2, -0.15) is 0 Å². The number of aliphatic imine (C=N–C) groups is 2. The van der Waals surface area contributed by atoms with E-state index in [4.69, 9.17) is 36.8 Å². The van der Waals surface area contributed by atoms with Crippen LogP contribution in [-0.2, 0) is 28.3 Å². The molecule has 0 unspecified atom stereocenters. The SMILES string of the molecule is C=C1C[C@H]2C=Nc3cc(OCc4cc(COc5cc6c(cc5OC)C(=O)N5CC(=C)C[C@H]5C=N6)cc(OS(=O)(=O)Oc5cc(C(=O)NC(C)C)ccc5O[C@@H]5O[C@H](CO)[C@H](O)[C@H](O)[C@H]5O)c4)c(OC)cc3C(=O)N2C1. The third-order valence-corrected chi connectivity index (χ3v) is 13.6. The number of rotatable bonds is 17. The van der Waals surface area contributed by atoms with Gasteiger partial charge in [-0.1, -0.05) is 24.3 Å². The summed E-state index contributed by atoms with van der Waals surface area (Å²) in [5.41, 5.74) is 3.71. The Labute approximate surface area is 431 Å². The first-order chi connectivity index (χ1) is 35.8. The second-order valence-corrected chi connectivity index (χ2v) is 19.9. The molecule has 9 rings (SSSR count). The van der Waals surface area contributed by atoms with Crippen LogP contribution in [0.1, 0.15) is 68.9 Å². The van der Waals surface area contributed by atoms with Crippen molar-refractivity contribution in [3.8, 4) is 40.2 Å². The molecule has 0 aliphatic carbocycles. The van der Waals surface area contributed by atoms with Crippen LogP contribution in [0.5, 0.6) is 40.2 Å². The highest BCUT2D eigenvalue weighted by atomic mass is 32.3. The molecule has 4 aromatic rings. The Morgan fingerprint density at radius 3 is 1.79 bits per heavy atom.